The first kappa shape index (κ1) is 12.2. The maximum atomic E-state index is 6.06. The van der Waals surface area contributed by atoms with Crippen molar-refractivity contribution >= 4 is 11.6 Å². The molecule has 0 aromatic heterocycles. The molecule has 0 spiro atoms. The van der Waals surface area contributed by atoms with Crippen LogP contribution in [-0.2, 0) is 14.2 Å². The highest BCUT2D eigenvalue weighted by Crippen LogP contribution is 2.24. The van der Waals surface area contributed by atoms with Crippen molar-refractivity contribution in [1.82, 2.24) is 0 Å². The molecule has 0 saturated heterocycles. The minimum absolute atomic E-state index is 0.336. The minimum atomic E-state index is -0.460. The molecule has 0 aromatic rings. The van der Waals surface area contributed by atoms with E-state index in [4.69, 9.17) is 25.8 Å². The Morgan fingerprint density at radius 2 is 1.50 bits per heavy atom. The van der Waals surface area contributed by atoms with E-state index in [1.807, 2.05) is 13.8 Å². The molecule has 1 unspecified atom stereocenters. The first-order valence-corrected chi connectivity index (χ1v) is 4.18. The third kappa shape index (κ3) is 2.90. The van der Waals surface area contributed by atoms with Crippen LogP contribution in [0, 0.1) is 0 Å². The zero-order valence-corrected chi connectivity index (χ0v) is 9.01. The Labute approximate surface area is 78.9 Å². The maximum Gasteiger partial charge on any atom is 0.175 e. The second-order valence-corrected chi connectivity index (χ2v) is 3.52. The highest BCUT2D eigenvalue weighted by molar-refractivity contribution is 6.21. The van der Waals surface area contributed by atoms with Crippen LogP contribution in [0.25, 0.3) is 0 Å². The van der Waals surface area contributed by atoms with E-state index in [1.165, 1.54) is 0 Å². The van der Waals surface area contributed by atoms with Gasteiger partial charge in [-0.1, -0.05) is 0 Å². The van der Waals surface area contributed by atoms with Gasteiger partial charge in [-0.2, -0.15) is 0 Å². The summed E-state index contributed by atoms with van der Waals surface area (Å²) in [4.78, 5) is 0. The first-order valence-electron chi connectivity index (χ1n) is 3.74. The Kier molecular flexibility index (Phi) is 5.09. The van der Waals surface area contributed by atoms with Crippen LogP contribution in [0.15, 0.2) is 0 Å². The molecule has 0 aliphatic rings. The van der Waals surface area contributed by atoms with E-state index in [-0.39, 0.29) is 5.38 Å². The number of alkyl halides is 1. The third-order valence-corrected chi connectivity index (χ3v) is 2.63. The van der Waals surface area contributed by atoms with Crippen LogP contribution in [0.4, 0.5) is 0 Å². The Hall–Kier alpha value is 0.170. The SMILES string of the molecule is COC(OC)C(Cl)C(C)(C)OC. The first-order chi connectivity index (χ1) is 5.49. The molecule has 0 fully saturated rings. The summed E-state index contributed by atoms with van der Waals surface area (Å²) in [6.07, 6.45) is -0.443. The van der Waals surface area contributed by atoms with Crippen molar-refractivity contribution in [2.75, 3.05) is 21.3 Å². The van der Waals surface area contributed by atoms with Gasteiger partial charge >= 0.3 is 0 Å². The predicted molar refractivity (Wildman–Crippen MR) is 48.5 cm³/mol. The molecule has 0 aliphatic heterocycles. The average molecular weight is 197 g/mol. The van der Waals surface area contributed by atoms with E-state index >= 15 is 0 Å². The summed E-state index contributed by atoms with van der Waals surface area (Å²) < 4.78 is 15.2. The number of rotatable bonds is 5. The summed E-state index contributed by atoms with van der Waals surface area (Å²) in [7, 11) is 4.71. The molecule has 4 heteroatoms. The molecule has 0 amide bonds. The van der Waals surface area contributed by atoms with E-state index in [1.54, 1.807) is 21.3 Å². The lowest BCUT2D eigenvalue weighted by atomic mass is 10.0. The topological polar surface area (TPSA) is 27.7 Å². The Balaban J connectivity index is 4.23. The Morgan fingerprint density at radius 3 is 1.75 bits per heavy atom. The zero-order valence-electron chi connectivity index (χ0n) is 8.26. The molecule has 0 aromatic carbocycles. The maximum absolute atomic E-state index is 6.06. The van der Waals surface area contributed by atoms with Gasteiger partial charge in [0.2, 0.25) is 0 Å². The zero-order chi connectivity index (χ0) is 9.78. The molecule has 0 bridgehead atoms. The van der Waals surface area contributed by atoms with E-state index in [0.717, 1.165) is 0 Å². The molecule has 74 valence electrons. The normalized spacial score (nSPS) is 15.2. The Morgan fingerprint density at radius 1 is 1.08 bits per heavy atom. The quantitative estimate of drug-likeness (QED) is 0.494. The fraction of sp³-hybridized carbons (Fsp3) is 1.00. The fourth-order valence-electron chi connectivity index (χ4n) is 0.775. The van der Waals surface area contributed by atoms with E-state index in [0.29, 0.717) is 0 Å². The summed E-state index contributed by atoms with van der Waals surface area (Å²) in [5.41, 5.74) is -0.460. The summed E-state index contributed by atoms with van der Waals surface area (Å²) in [5, 5.41) is -0.336. The van der Waals surface area contributed by atoms with E-state index < -0.39 is 11.9 Å². The molecule has 0 radical (unpaired) electrons. The van der Waals surface area contributed by atoms with Crippen LogP contribution >= 0.6 is 11.6 Å². The van der Waals surface area contributed by atoms with Gasteiger partial charge in [0.25, 0.3) is 0 Å². The summed E-state index contributed by atoms with van der Waals surface area (Å²) >= 11 is 6.06. The lowest BCUT2D eigenvalue weighted by molar-refractivity contribution is -0.138. The molecular weight excluding hydrogens is 180 g/mol. The molecule has 0 rings (SSSR count). The number of halogens is 1. The third-order valence-electron chi connectivity index (χ3n) is 1.89. The molecule has 0 N–H and O–H groups in total. The minimum Gasteiger partial charge on any atom is -0.377 e. The molecule has 12 heavy (non-hydrogen) atoms. The number of methoxy groups -OCH3 is 3. The van der Waals surface area contributed by atoms with Crippen molar-refractivity contribution in [3.05, 3.63) is 0 Å². The van der Waals surface area contributed by atoms with Crippen LogP contribution in [0.5, 0.6) is 0 Å². The molecule has 3 nitrogen and oxygen atoms in total. The predicted octanol–water partition coefficient (Wildman–Crippen LogP) is 1.64. The van der Waals surface area contributed by atoms with Crippen molar-refractivity contribution in [2.24, 2.45) is 0 Å². The van der Waals surface area contributed by atoms with Gasteiger partial charge in [0.15, 0.2) is 6.29 Å². The average Bonchev–Trinajstić information content (AvgIpc) is 2.06. The lowest BCUT2D eigenvalue weighted by Crippen LogP contribution is -2.43. The van der Waals surface area contributed by atoms with Gasteiger partial charge in [0.1, 0.15) is 5.38 Å². The second-order valence-electron chi connectivity index (χ2n) is 3.05. The number of ether oxygens (including phenoxy) is 3. The Bertz CT molecular complexity index is 123. The molecule has 1 atom stereocenters. The van der Waals surface area contributed by atoms with Gasteiger partial charge in [0.05, 0.1) is 5.60 Å². The highest BCUT2D eigenvalue weighted by Gasteiger charge is 2.34. The van der Waals surface area contributed by atoms with Crippen molar-refractivity contribution in [1.29, 1.82) is 0 Å². The summed E-state index contributed by atoms with van der Waals surface area (Å²) in [5.74, 6) is 0. The standard InChI is InChI=1S/C8H17ClO3/c1-8(2,12-5)6(9)7(10-3)11-4/h6-7H,1-5H3. The number of hydrogen-bond acceptors (Lipinski definition) is 3. The van der Waals surface area contributed by atoms with Gasteiger partial charge in [-0.3, -0.25) is 0 Å². The van der Waals surface area contributed by atoms with Gasteiger partial charge in [-0.15, -0.1) is 11.6 Å². The monoisotopic (exact) mass is 196 g/mol. The highest BCUT2D eigenvalue weighted by atomic mass is 35.5. The smallest absolute Gasteiger partial charge is 0.175 e. The molecule has 0 heterocycles. The van der Waals surface area contributed by atoms with Crippen molar-refractivity contribution in [3.8, 4) is 0 Å². The number of hydrogen-bond donors (Lipinski definition) is 0. The van der Waals surface area contributed by atoms with Crippen molar-refractivity contribution in [2.45, 2.75) is 31.1 Å². The van der Waals surface area contributed by atoms with E-state index in [2.05, 4.69) is 0 Å². The van der Waals surface area contributed by atoms with Crippen LogP contribution in [-0.4, -0.2) is 38.6 Å². The molecule has 0 saturated carbocycles. The van der Waals surface area contributed by atoms with Crippen LogP contribution < -0.4 is 0 Å². The lowest BCUT2D eigenvalue weighted by Gasteiger charge is -2.32. The second kappa shape index (κ2) is 5.02. The summed E-state index contributed by atoms with van der Waals surface area (Å²) in [6.45, 7) is 3.77. The van der Waals surface area contributed by atoms with Crippen molar-refractivity contribution < 1.29 is 14.2 Å². The van der Waals surface area contributed by atoms with Gasteiger partial charge in [-0.25, -0.2) is 0 Å². The van der Waals surface area contributed by atoms with E-state index in [9.17, 15) is 0 Å². The fourth-order valence-corrected chi connectivity index (χ4v) is 1.07. The van der Waals surface area contributed by atoms with Gasteiger partial charge in [0, 0.05) is 21.3 Å². The summed E-state index contributed by atoms with van der Waals surface area (Å²) in [6, 6.07) is 0. The molecule has 0 aliphatic carbocycles. The van der Waals surface area contributed by atoms with Crippen LogP contribution in [0.1, 0.15) is 13.8 Å². The van der Waals surface area contributed by atoms with Crippen molar-refractivity contribution in [3.63, 3.8) is 0 Å². The van der Waals surface area contributed by atoms with Crippen LogP contribution in [0.2, 0.25) is 0 Å². The van der Waals surface area contributed by atoms with Gasteiger partial charge in [-0.05, 0) is 13.8 Å². The largest absolute Gasteiger partial charge is 0.377 e. The van der Waals surface area contributed by atoms with Crippen LogP contribution in [0.3, 0.4) is 0 Å². The van der Waals surface area contributed by atoms with Gasteiger partial charge < -0.3 is 14.2 Å². The molecular formula is C8H17ClO3.